The summed E-state index contributed by atoms with van der Waals surface area (Å²) in [5.41, 5.74) is -0.0272. The van der Waals surface area contributed by atoms with E-state index in [0.717, 1.165) is 6.42 Å². The number of hydrogen-bond donors (Lipinski definition) is 3. The van der Waals surface area contributed by atoms with Gasteiger partial charge in [-0.3, -0.25) is 14.4 Å². The summed E-state index contributed by atoms with van der Waals surface area (Å²) in [5.74, 6) is -2.01. The summed E-state index contributed by atoms with van der Waals surface area (Å²) in [5, 5.41) is 15.7. The summed E-state index contributed by atoms with van der Waals surface area (Å²) >= 11 is 0. The number of aromatic hydroxyl groups is 1. The number of phenols is 1. The molecule has 10 nitrogen and oxygen atoms in total. The number of benzene rings is 1. The molecule has 1 rings (SSSR count). The minimum atomic E-state index is -1.24. The Bertz CT molecular complexity index is 880. The van der Waals surface area contributed by atoms with Crippen LogP contribution in [0.5, 0.6) is 5.75 Å². The van der Waals surface area contributed by atoms with Crippen molar-refractivity contribution < 1.29 is 33.8 Å². The highest BCUT2D eigenvalue weighted by molar-refractivity contribution is 5.93. The molecule has 190 valence electrons. The van der Waals surface area contributed by atoms with Crippen LogP contribution in [0, 0.1) is 6.92 Å². The first-order valence-corrected chi connectivity index (χ1v) is 11.2. The van der Waals surface area contributed by atoms with Crippen LogP contribution in [0.15, 0.2) is 18.2 Å². The van der Waals surface area contributed by atoms with Gasteiger partial charge < -0.3 is 30.1 Å². The average Bonchev–Trinajstić information content (AvgIpc) is 2.75. The third-order valence-corrected chi connectivity index (χ3v) is 4.90. The second-order valence-corrected chi connectivity index (χ2v) is 8.96. The van der Waals surface area contributed by atoms with Gasteiger partial charge in [-0.1, -0.05) is 31.5 Å². The summed E-state index contributed by atoms with van der Waals surface area (Å²) in [6.07, 6.45) is 0.528. The van der Waals surface area contributed by atoms with Gasteiger partial charge in [-0.05, 0) is 46.6 Å². The van der Waals surface area contributed by atoms with Gasteiger partial charge in [0.05, 0.1) is 7.11 Å². The van der Waals surface area contributed by atoms with Crippen LogP contribution in [0.4, 0.5) is 4.79 Å². The molecular formula is C24H37N3O7. The highest BCUT2D eigenvalue weighted by Gasteiger charge is 2.36. The SMILES string of the molecule is CCCCN(C(=O)C(C)NC(=O)OC(C)(C)C)C(C(=O)NCC(=O)OC)c1cccc(C)c1O. The van der Waals surface area contributed by atoms with Crippen LogP contribution in [0.25, 0.3) is 0 Å². The van der Waals surface area contributed by atoms with Crippen molar-refractivity contribution in [2.45, 2.75) is 72.1 Å². The summed E-state index contributed by atoms with van der Waals surface area (Å²) in [6, 6.07) is 2.62. The molecule has 0 heterocycles. The lowest BCUT2D eigenvalue weighted by Crippen LogP contribution is -2.52. The predicted octanol–water partition coefficient (Wildman–Crippen LogP) is 2.57. The molecule has 0 saturated heterocycles. The number of para-hydroxylation sites is 1. The Labute approximate surface area is 201 Å². The van der Waals surface area contributed by atoms with Crippen molar-refractivity contribution in [1.29, 1.82) is 0 Å². The summed E-state index contributed by atoms with van der Waals surface area (Å²) in [4.78, 5) is 51.8. The normalized spacial score (nSPS) is 12.8. The number of nitrogens with zero attached hydrogens (tertiary/aromatic N) is 1. The minimum Gasteiger partial charge on any atom is -0.507 e. The topological polar surface area (TPSA) is 134 Å². The van der Waals surface area contributed by atoms with Crippen molar-refractivity contribution in [3.05, 3.63) is 29.3 Å². The number of amides is 3. The van der Waals surface area contributed by atoms with Gasteiger partial charge in [-0.25, -0.2) is 4.79 Å². The molecule has 34 heavy (non-hydrogen) atoms. The number of nitrogens with one attached hydrogen (secondary N) is 2. The number of aryl methyl sites for hydroxylation is 1. The zero-order valence-electron chi connectivity index (χ0n) is 21.1. The fourth-order valence-electron chi connectivity index (χ4n) is 3.17. The molecule has 3 amide bonds. The van der Waals surface area contributed by atoms with Crippen LogP contribution >= 0.6 is 0 Å². The molecule has 0 aliphatic heterocycles. The minimum absolute atomic E-state index is 0.136. The van der Waals surface area contributed by atoms with Gasteiger partial charge in [0, 0.05) is 12.1 Å². The summed E-state index contributed by atoms with van der Waals surface area (Å²) in [7, 11) is 1.19. The first kappa shape index (κ1) is 28.7. The molecule has 3 N–H and O–H groups in total. The number of phenolic OH excluding ortho intramolecular Hbond substituents is 1. The van der Waals surface area contributed by atoms with Crippen LogP contribution in [0.2, 0.25) is 0 Å². The summed E-state index contributed by atoms with van der Waals surface area (Å²) in [6.45, 7) is 9.98. The molecule has 0 radical (unpaired) electrons. The van der Waals surface area contributed by atoms with Crippen molar-refractivity contribution in [3.63, 3.8) is 0 Å². The van der Waals surface area contributed by atoms with E-state index in [1.54, 1.807) is 45.9 Å². The van der Waals surface area contributed by atoms with Gasteiger partial charge in [0.25, 0.3) is 0 Å². The first-order valence-electron chi connectivity index (χ1n) is 11.2. The van der Waals surface area contributed by atoms with E-state index in [4.69, 9.17) is 4.74 Å². The van der Waals surface area contributed by atoms with Gasteiger partial charge in [0.2, 0.25) is 11.8 Å². The monoisotopic (exact) mass is 479 g/mol. The van der Waals surface area contributed by atoms with E-state index in [9.17, 15) is 24.3 Å². The maximum atomic E-state index is 13.5. The van der Waals surface area contributed by atoms with Crippen LogP contribution in [-0.2, 0) is 23.9 Å². The molecule has 10 heteroatoms. The number of carbonyl (C=O) groups is 4. The molecule has 0 saturated carbocycles. The van der Waals surface area contributed by atoms with Crippen LogP contribution < -0.4 is 10.6 Å². The predicted molar refractivity (Wildman–Crippen MR) is 126 cm³/mol. The van der Waals surface area contributed by atoms with Gasteiger partial charge in [-0.2, -0.15) is 0 Å². The second kappa shape index (κ2) is 12.8. The van der Waals surface area contributed by atoms with Crippen molar-refractivity contribution >= 4 is 23.9 Å². The average molecular weight is 480 g/mol. The standard InChI is InChI=1S/C24H37N3O7/c1-8-9-13-27(22(31)16(3)26-23(32)34-24(4,5)6)19(21(30)25-14-18(28)33-7)17-12-10-11-15(2)20(17)29/h10-12,16,19,29H,8-9,13-14H2,1-7H3,(H,25,30)(H,26,32). The third-order valence-electron chi connectivity index (χ3n) is 4.90. The largest absolute Gasteiger partial charge is 0.507 e. The lowest BCUT2D eigenvalue weighted by Gasteiger charge is -2.34. The Hall–Kier alpha value is -3.30. The number of ether oxygens (including phenoxy) is 2. The van der Waals surface area contributed by atoms with Gasteiger partial charge in [0.1, 0.15) is 30.0 Å². The van der Waals surface area contributed by atoms with Gasteiger partial charge >= 0.3 is 12.1 Å². The molecule has 0 aliphatic carbocycles. The zero-order valence-corrected chi connectivity index (χ0v) is 21.1. The molecule has 1 aromatic carbocycles. The molecule has 1 aromatic rings. The molecule has 2 unspecified atom stereocenters. The molecular weight excluding hydrogens is 442 g/mol. The molecule has 0 aromatic heterocycles. The second-order valence-electron chi connectivity index (χ2n) is 8.96. The van der Waals surface area contributed by atoms with E-state index >= 15 is 0 Å². The Morgan fingerprint density at radius 2 is 1.82 bits per heavy atom. The van der Waals surface area contributed by atoms with Crippen LogP contribution in [-0.4, -0.2) is 65.7 Å². The molecule has 0 fully saturated rings. The Kier molecular flexibility index (Phi) is 10.8. The lowest BCUT2D eigenvalue weighted by molar-refractivity contribution is -0.144. The Morgan fingerprint density at radius 1 is 1.18 bits per heavy atom. The quantitative estimate of drug-likeness (QED) is 0.439. The number of esters is 1. The fourth-order valence-corrected chi connectivity index (χ4v) is 3.17. The number of hydrogen-bond acceptors (Lipinski definition) is 7. The number of methoxy groups -OCH3 is 1. The molecule has 2 atom stereocenters. The third kappa shape index (κ3) is 8.57. The van der Waals surface area contributed by atoms with Crippen LogP contribution in [0.3, 0.4) is 0 Å². The summed E-state index contributed by atoms with van der Waals surface area (Å²) < 4.78 is 9.81. The number of carbonyl (C=O) groups excluding carboxylic acids is 4. The van der Waals surface area contributed by atoms with Crippen molar-refractivity contribution in [3.8, 4) is 5.75 Å². The van der Waals surface area contributed by atoms with E-state index in [1.807, 2.05) is 6.92 Å². The first-order chi connectivity index (χ1) is 15.8. The van der Waals surface area contributed by atoms with E-state index in [2.05, 4.69) is 15.4 Å². The Morgan fingerprint density at radius 3 is 2.38 bits per heavy atom. The lowest BCUT2D eigenvalue weighted by atomic mass is 9.99. The van der Waals surface area contributed by atoms with E-state index < -0.39 is 48.1 Å². The molecule has 0 spiro atoms. The number of unbranched alkanes of at least 4 members (excludes halogenated alkanes) is 1. The molecule has 0 aliphatic rings. The molecule has 0 bridgehead atoms. The maximum absolute atomic E-state index is 13.5. The zero-order chi connectivity index (χ0) is 26.1. The van der Waals surface area contributed by atoms with E-state index in [0.29, 0.717) is 12.0 Å². The number of rotatable bonds is 10. The Balaban J connectivity index is 3.36. The number of alkyl carbamates (subject to hydrolysis) is 1. The highest BCUT2D eigenvalue weighted by Crippen LogP contribution is 2.32. The highest BCUT2D eigenvalue weighted by atomic mass is 16.6. The fraction of sp³-hybridized carbons (Fsp3) is 0.583. The van der Waals surface area contributed by atoms with Gasteiger partial charge in [0.15, 0.2) is 0 Å². The van der Waals surface area contributed by atoms with Gasteiger partial charge in [-0.15, -0.1) is 0 Å². The van der Waals surface area contributed by atoms with E-state index in [-0.39, 0.29) is 17.9 Å². The smallest absolute Gasteiger partial charge is 0.408 e. The van der Waals surface area contributed by atoms with Crippen molar-refractivity contribution in [2.24, 2.45) is 0 Å². The van der Waals surface area contributed by atoms with Crippen molar-refractivity contribution in [1.82, 2.24) is 15.5 Å². The van der Waals surface area contributed by atoms with Crippen molar-refractivity contribution in [2.75, 3.05) is 20.2 Å². The van der Waals surface area contributed by atoms with E-state index in [1.165, 1.54) is 18.9 Å². The maximum Gasteiger partial charge on any atom is 0.408 e. The van der Waals surface area contributed by atoms with Crippen LogP contribution in [0.1, 0.15) is 64.6 Å².